The van der Waals surface area contributed by atoms with Crippen LogP contribution in [-0.4, -0.2) is 47.6 Å². The maximum atomic E-state index is 12.1. The number of fused-ring (bicyclic) bond motifs is 1. The molecule has 1 unspecified atom stereocenters. The zero-order chi connectivity index (χ0) is 17.4. The van der Waals surface area contributed by atoms with E-state index in [1.165, 1.54) is 17.8 Å². The van der Waals surface area contributed by atoms with Crippen molar-refractivity contribution in [2.24, 2.45) is 0 Å². The molecule has 2 aromatic rings. The summed E-state index contributed by atoms with van der Waals surface area (Å²) in [5.41, 5.74) is 0.730. The predicted molar refractivity (Wildman–Crippen MR) is 85.4 cm³/mol. The Labute approximate surface area is 132 Å². The second kappa shape index (κ2) is 8.47. The van der Waals surface area contributed by atoms with Gasteiger partial charge in [-0.2, -0.15) is 0 Å². The highest BCUT2D eigenvalue weighted by Gasteiger charge is 2.18. The largest absolute Gasteiger partial charge is 0.373 e. The standard InChI is InChI=1S/C13H17N5O3.CH2O/c1-14-11-5-9-10(6-16-11)18(13(21)17-9)8(7-19)3-4-12(20)15-2;1-2/h5-8H,3-4H2,1-2H3,(H,14,16)(H,15,20)(H,17,21);1H2. The number of aldehydes is 1. The summed E-state index contributed by atoms with van der Waals surface area (Å²) >= 11 is 0. The highest BCUT2D eigenvalue weighted by Crippen LogP contribution is 2.18. The lowest BCUT2D eigenvalue weighted by molar-refractivity contribution is -0.121. The molecule has 23 heavy (non-hydrogen) atoms. The van der Waals surface area contributed by atoms with Gasteiger partial charge in [-0.25, -0.2) is 9.78 Å². The van der Waals surface area contributed by atoms with E-state index in [0.29, 0.717) is 23.1 Å². The van der Waals surface area contributed by atoms with Gasteiger partial charge in [0.05, 0.1) is 23.3 Å². The fourth-order valence-electron chi connectivity index (χ4n) is 2.15. The van der Waals surface area contributed by atoms with E-state index >= 15 is 0 Å². The number of aromatic nitrogens is 3. The van der Waals surface area contributed by atoms with Crippen LogP contribution < -0.4 is 16.3 Å². The second-order valence-corrected chi connectivity index (χ2v) is 4.55. The molecule has 2 rings (SSSR count). The minimum atomic E-state index is -0.703. The van der Waals surface area contributed by atoms with Crippen molar-refractivity contribution in [2.75, 3.05) is 19.4 Å². The quantitative estimate of drug-likeness (QED) is 0.635. The number of nitrogens with zero attached hydrogens (tertiary/aromatic N) is 2. The van der Waals surface area contributed by atoms with Crippen LogP contribution in [0.4, 0.5) is 5.82 Å². The topological polar surface area (TPSA) is 126 Å². The first-order chi connectivity index (χ1) is 11.1. The highest BCUT2D eigenvalue weighted by atomic mass is 16.2. The summed E-state index contributed by atoms with van der Waals surface area (Å²) in [5.74, 6) is 0.439. The maximum absolute atomic E-state index is 12.1. The lowest BCUT2D eigenvalue weighted by Gasteiger charge is -2.11. The molecule has 0 bridgehead atoms. The number of nitrogens with one attached hydrogen (secondary N) is 3. The number of H-pyrrole nitrogens is 1. The van der Waals surface area contributed by atoms with Gasteiger partial charge in [-0.1, -0.05) is 0 Å². The average Bonchev–Trinajstić information content (AvgIpc) is 2.92. The summed E-state index contributed by atoms with van der Waals surface area (Å²) in [6.07, 6.45) is 2.62. The Balaban J connectivity index is 0.00000127. The number of anilines is 1. The summed E-state index contributed by atoms with van der Waals surface area (Å²) in [5, 5.41) is 5.36. The lowest BCUT2D eigenvalue weighted by Crippen LogP contribution is -2.25. The number of hydrogen-bond acceptors (Lipinski definition) is 6. The van der Waals surface area contributed by atoms with Crippen molar-refractivity contribution in [1.29, 1.82) is 0 Å². The van der Waals surface area contributed by atoms with Crippen molar-refractivity contribution in [3.05, 3.63) is 22.7 Å². The molecule has 0 spiro atoms. The molecule has 3 N–H and O–H groups in total. The van der Waals surface area contributed by atoms with Crippen LogP contribution in [0.5, 0.6) is 0 Å². The molecule has 1 amide bonds. The predicted octanol–water partition coefficient (Wildman–Crippen LogP) is -0.152. The fourth-order valence-corrected chi connectivity index (χ4v) is 2.15. The van der Waals surface area contributed by atoms with Crippen LogP contribution in [-0.2, 0) is 14.4 Å². The van der Waals surface area contributed by atoms with E-state index in [1.54, 1.807) is 13.1 Å². The van der Waals surface area contributed by atoms with E-state index < -0.39 is 11.7 Å². The number of hydrogen-bond donors (Lipinski definition) is 3. The van der Waals surface area contributed by atoms with Crippen LogP contribution in [0.3, 0.4) is 0 Å². The third-order valence-electron chi connectivity index (χ3n) is 3.29. The van der Waals surface area contributed by atoms with Crippen LogP contribution in [0, 0.1) is 0 Å². The fraction of sp³-hybridized carbons (Fsp3) is 0.357. The van der Waals surface area contributed by atoms with E-state index in [0.717, 1.165) is 0 Å². The van der Waals surface area contributed by atoms with Gasteiger partial charge in [0.15, 0.2) is 0 Å². The molecule has 0 aliphatic carbocycles. The number of rotatable bonds is 6. The van der Waals surface area contributed by atoms with E-state index in [9.17, 15) is 14.4 Å². The van der Waals surface area contributed by atoms with Crippen molar-refractivity contribution in [3.8, 4) is 0 Å². The molecule has 2 heterocycles. The Morgan fingerprint density at radius 1 is 1.48 bits per heavy atom. The molecule has 0 saturated carbocycles. The molecule has 0 fully saturated rings. The number of imidazole rings is 1. The molecule has 124 valence electrons. The first-order valence-corrected chi connectivity index (χ1v) is 6.83. The number of amides is 1. The molecule has 0 radical (unpaired) electrons. The van der Waals surface area contributed by atoms with Gasteiger partial charge in [0.25, 0.3) is 0 Å². The lowest BCUT2D eigenvalue weighted by atomic mass is 10.1. The molecule has 9 heteroatoms. The molecule has 0 aliphatic rings. The molecule has 2 aromatic heterocycles. The van der Waals surface area contributed by atoms with Crippen LogP contribution >= 0.6 is 0 Å². The molecular formula is C14H19N5O4. The summed E-state index contributed by atoms with van der Waals surface area (Å²) in [4.78, 5) is 49.5. The molecule has 0 saturated heterocycles. The number of carbonyl (C=O) groups is 3. The smallest absolute Gasteiger partial charge is 0.327 e. The molecular weight excluding hydrogens is 302 g/mol. The number of carbonyl (C=O) groups excluding carboxylic acids is 3. The first-order valence-electron chi connectivity index (χ1n) is 6.83. The van der Waals surface area contributed by atoms with E-state index in [-0.39, 0.29) is 18.7 Å². The van der Waals surface area contributed by atoms with Crippen LogP contribution in [0.25, 0.3) is 11.0 Å². The van der Waals surface area contributed by atoms with Gasteiger partial charge >= 0.3 is 5.69 Å². The highest BCUT2D eigenvalue weighted by molar-refractivity contribution is 5.79. The Hall–Kier alpha value is -2.97. The Morgan fingerprint density at radius 2 is 2.17 bits per heavy atom. The zero-order valence-corrected chi connectivity index (χ0v) is 13.0. The van der Waals surface area contributed by atoms with Crippen LogP contribution in [0.2, 0.25) is 0 Å². The van der Waals surface area contributed by atoms with Crippen molar-refractivity contribution in [2.45, 2.75) is 18.9 Å². The number of aromatic amines is 1. The SMILES string of the molecule is C=O.CNC(=O)CCC(C=O)n1c(=O)[nH]c2cc(NC)ncc21. The van der Waals surface area contributed by atoms with Gasteiger partial charge in [0.2, 0.25) is 5.91 Å². The average molecular weight is 321 g/mol. The van der Waals surface area contributed by atoms with Gasteiger partial charge in [-0.15, -0.1) is 0 Å². The summed E-state index contributed by atoms with van der Waals surface area (Å²) in [7, 11) is 3.25. The van der Waals surface area contributed by atoms with Crippen molar-refractivity contribution < 1.29 is 14.4 Å². The monoisotopic (exact) mass is 321 g/mol. The Bertz CT molecular complexity index is 736. The maximum Gasteiger partial charge on any atom is 0.327 e. The molecule has 1 atom stereocenters. The summed E-state index contributed by atoms with van der Waals surface area (Å²) < 4.78 is 1.33. The van der Waals surface area contributed by atoms with E-state index in [4.69, 9.17) is 4.79 Å². The molecule has 0 aliphatic heterocycles. The number of pyridine rings is 1. The normalized spacial score (nSPS) is 11.2. The van der Waals surface area contributed by atoms with Crippen molar-refractivity contribution in [3.63, 3.8) is 0 Å². The van der Waals surface area contributed by atoms with Crippen LogP contribution in [0.15, 0.2) is 17.1 Å². The van der Waals surface area contributed by atoms with Crippen molar-refractivity contribution >= 4 is 35.8 Å². The van der Waals surface area contributed by atoms with Gasteiger partial charge in [0.1, 0.15) is 18.9 Å². The third kappa shape index (κ3) is 4.02. The van der Waals surface area contributed by atoms with Gasteiger partial charge < -0.3 is 25.2 Å². The summed E-state index contributed by atoms with van der Waals surface area (Å²) in [6.45, 7) is 2.00. The zero-order valence-electron chi connectivity index (χ0n) is 13.0. The van der Waals surface area contributed by atoms with Gasteiger partial charge in [-0.3, -0.25) is 9.36 Å². The van der Waals surface area contributed by atoms with Crippen molar-refractivity contribution in [1.82, 2.24) is 19.9 Å². The van der Waals surface area contributed by atoms with E-state index in [1.807, 2.05) is 6.79 Å². The minimum absolute atomic E-state index is 0.168. The second-order valence-electron chi connectivity index (χ2n) is 4.55. The van der Waals surface area contributed by atoms with Crippen LogP contribution in [0.1, 0.15) is 18.9 Å². The third-order valence-corrected chi connectivity index (χ3v) is 3.29. The minimum Gasteiger partial charge on any atom is -0.373 e. The van der Waals surface area contributed by atoms with Gasteiger partial charge in [0, 0.05) is 26.6 Å². The first kappa shape index (κ1) is 18.1. The van der Waals surface area contributed by atoms with E-state index in [2.05, 4.69) is 20.6 Å². The Kier molecular flexibility index (Phi) is 6.66. The molecule has 0 aromatic carbocycles. The van der Waals surface area contributed by atoms with Gasteiger partial charge in [-0.05, 0) is 6.42 Å². The summed E-state index contributed by atoms with van der Waals surface area (Å²) in [6, 6.07) is 0.985. The Morgan fingerprint density at radius 3 is 2.74 bits per heavy atom. The molecule has 9 nitrogen and oxygen atoms in total.